The summed E-state index contributed by atoms with van der Waals surface area (Å²) in [7, 11) is 0. The zero-order chi connectivity index (χ0) is 17.8. The Balaban J connectivity index is 1.44. The molecular formula is C20H21N5O. The van der Waals surface area contributed by atoms with Gasteiger partial charge in [-0.3, -0.25) is 4.98 Å². The molecule has 3 aromatic rings. The van der Waals surface area contributed by atoms with E-state index >= 15 is 0 Å². The van der Waals surface area contributed by atoms with Crippen molar-refractivity contribution in [3.05, 3.63) is 66.6 Å². The Morgan fingerprint density at radius 2 is 1.77 bits per heavy atom. The van der Waals surface area contributed by atoms with Crippen LogP contribution in [0.1, 0.15) is 24.6 Å². The number of anilines is 1. The highest BCUT2D eigenvalue weighted by Gasteiger charge is 2.28. The maximum atomic E-state index is 10.6. The molecule has 4 rings (SSSR count). The Kier molecular flexibility index (Phi) is 4.84. The van der Waals surface area contributed by atoms with Crippen LogP contribution in [0.25, 0.3) is 11.3 Å². The molecule has 0 aliphatic carbocycles. The smallest absolute Gasteiger partial charge is 0.245 e. The van der Waals surface area contributed by atoms with E-state index in [4.69, 9.17) is 0 Å². The van der Waals surface area contributed by atoms with Crippen LogP contribution in [0.15, 0.2) is 60.9 Å². The van der Waals surface area contributed by atoms with Crippen LogP contribution < -0.4 is 4.90 Å². The molecule has 1 aliphatic heterocycles. The number of pyridine rings is 1. The van der Waals surface area contributed by atoms with Crippen molar-refractivity contribution in [1.29, 1.82) is 0 Å². The van der Waals surface area contributed by atoms with E-state index in [2.05, 4.69) is 25.1 Å². The van der Waals surface area contributed by atoms with E-state index in [0.717, 1.165) is 42.9 Å². The molecule has 1 saturated heterocycles. The van der Waals surface area contributed by atoms with E-state index in [1.807, 2.05) is 48.5 Å². The number of piperidine rings is 1. The van der Waals surface area contributed by atoms with Gasteiger partial charge in [0.1, 0.15) is 0 Å². The van der Waals surface area contributed by atoms with Crippen molar-refractivity contribution in [3.8, 4) is 11.3 Å². The summed E-state index contributed by atoms with van der Waals surface area (Å²) in [5.41, 5.74) is 2.60. The number of hydrogen-bond donors (Lipinski definition) is 1. The van der Waals surface area contributed by atoms with Crippen molar-refractivity contribution in [2.45, 2.75) is 18.9 Å². The molecule has 1 fully saturated rings. The van der Waals surface area contributed by atoms with Crippen LogP contribution in [-0.4, -0.2) is 38.4 Å². The molecule has 132 valence electrons. The van der Waals surface area contributed by atoms with E-state index in [1.165, 1.54) is 0 Å². The van der Waals surface area contributed by atoms with Gasteiger partial charge in [-0.25, -0.2) is 4.98 Å². The van der Waals surface area contributed by atoms with Crippen LogP contribution in [0, 0.1) is 5.92 Å². The van der Waals surface area contributed by atoms with Gasteiger partial charge in [0.15, 0.2) is 0 Å². The van der Waals surface area contributed by atoms with Gasteiger partial charge in [0.2, 0.25) is 5.95 Å². The maximum absolute atomic E-state index is 10.6. The van der Waals surface area contributed by atoms with Crippen molar-refractivity contribution >= 4 is 5.95 Å². The number of nitrogens with zero attached hydrogens (tertiary/aromatic N) is 5. The topological polar surface area (TPSA) is 75.0 Å². The number of rotatable bonds is 4. The van der Waals surface area contributed by atoms with Gasteiger partial charge in [0.05, 0.1) is 23.7 Å². The molecule has 0 radical (unpaired) electrons. The summed E-state index contributed by atoms with van der Waals surface area (Å²) in [6.07, 6.45) is 4.64. The highest BCUT2D eigenvalue weighted by molar-refractivity contribution is 5.58. The second-order valence-corrected chi connectivity index (χ2v) is 6.53. The van der Waals surface area contributed by atoms with Crippen molar-refractivity contribution in [2.75, 3.05) is 18.0 Å². The average Bonchev–Trinajstić information content (AvgIpc) is 2.75. The third-order valence-corrected chi connectivity index (χ3v) is 4.88. The van der Waals surface area contributed by atoms with E-state index in [1.54, 1.807) is 12.4 Å². The molecule has 26 heavy (non-hydrogen) atoms. The van der Waals surface area contributed by atoms with Crippen LogP contribution >= 0.6 is 0 Å². The molecule has 2 aromatic heterocycles. The highest BCUT2D eigenvalue weighted by Crippen LogP contribution is 2.31. The fraction of sp³-hybridized carbons (Fsp3) is 0.300. The lowest BCUT2D eigenvalue weighted by atomic mass is 9.89. The van der Waals surface area contributed by atoms with Gasteiger partial charge in [-0.2, -0.15) is 5.10 Å². The van der Waals surface area contributed by atoms with Crippen molar-refractivity contribution in [2.24, 2.45) is 5.92 Å². The lowest BCUT2D eigenvalue weighted by molar-refractivity contribution is 0.0889. The van der Waals surface area contributed by atoms with Gasteiger partial charge in [-0.1, -0.05) is 36.4 Å². The molecule has 0 saturated carbocycles. The molecular weight excluding hydrogens is 326 g/mol. The summed E-state index contributed by atoms with van der Waals surface area (Å²) in [6.45, 7) is 1.60. The highest BCUT2D eigenvalue weighted by atomic mass is 16.3. The van der Waals surface area contributed by atoms with Gasteiger partial charge in [0, 0.05) is 24.8 Å². The normalized spacial score (nSPS) is 16.4. The maximum Gasteiger partial charge on any atom is 0.245 e. The van der Waals surface area contributed by atoms with Crippen molar-refractivity contribution in [3.63, 3.8) is 0 Å². The molecule has 6 heteroatoms. The van der Waals surface area contributed by atoms with E-state index < -0.39 is 6.10 Å². The summed E-state index contributed by atoms with van der Waals surface area (Å²) in [5.74, 6) is 0.851. The molecule has 1 atom stereocenters. The van der Waals surface area contributed by atoms with Crippen molar-refractivity contribution in [1.82, 2.24) is 20.2 Å². The Hall–Kier alpha value is -2.86. The average molecular weight is 347 g/mol. The zero-order valence-electron chi connectivity index (χ0n) is 14.4. The summed E-state index contributed by atoms with van der Waals surface area (Å²) < 4.78 is 0. The van der Waals surface area contributed by atoms with E-state index in [-0.39, 0.29) is 5.92 Å². The molecule has 0 spiro atoms. The largest absolute Gasteiger partial charge is 0.387 e. The predicted octanol–water partition coefficient (Wildman–Crippen LogP) is 2.88. The van der Waals surface area contributed by atoms with Gasteiger partial charge < -0.3 is 10.0 Å². The molecule has 0 amide bonds. The van der Waals surface area contributed by atoms with E-state index in [9.17, 15) is 5.11 Å². The first-order valence-electron chi connectivity index (χ1n) is 8.90. The molecule has 3 heterocycles. The number of hydrogen-bond acceptors (Lipinski definition) is 6. The minimum Gasteiger partial charge on any atom is -0.387 e. The van der Waals surface area contributed by atoms with Gasteiger partial charge >= 0.3 is 0 Å². The Bertz CT molecular complexity index is 835. The standard InChI is InChI=1S/C20H21N5O/c26-19(17-8-4-5-11-21-17)16-9-12-25(13-10-16)20-23-18(14-22-24-20)15-6-2-1-3-7-15/h1-8,11,14,16,19,26H,9-10,12-13H2. The van der Waals surface area contributed by atoms with Crippen LogP contribution in [0.4, 0.5) is 5.95 Å². The van der Waals surface area contributed by atoms with Crippen molar-refractivity contribution < 1.29 is 5.11 Å². The SMILES string of the molecule is OC(c1ccccn1)C1CCN(c2nncc(-c3ccccc3)n2)CC1. The van der Waals surface area contributed by atoms with E-state index in [0.29, 0.717) is 5.95 Å². The minimum absolute atomic E-state index is 0.200. The van der Waals surface area contributed by atoms with Crippen LogP contribution in [0.3, 0.4) is 0 Å². The summed E-state index contributed by atoms with van der Waals surface area (Å²) in [4.78, 5) is 11.1. The Morgan fingerprint density at radius 1 is 1.00 bits per heavy atom. The van der Waals surface area contributed by atoms with Gasteiger partial charge in [0.25, 0.3) is 0 Å². The van der Waals surface area contributed by atoms with Crippen LogP contribution in [-0.2, 0) is 0 Å². The Labute approximate surface area is 152 Å². The summed E-state index contributed by atoms with van der Waals surface area (Å²) in [5, 5.41) is 18.9. The lowest BCUT2D eigenvalue weighted by Crippen LogP contribution is -2.37. The van der Waals surface area contributed by atoms with Crippen LogP contribution in [0.2, 0.25) is 0 Å². The fourth-order valence-electron chi connectivity index (χ4n) is 3.38. The monoisotopic (exact) mass is 347 g/mol. The summed E-state index contributed by atoms with van der Waals surface area (Å²) >= 11 is 0. The predicted molar refractivity (Wildman–Crippen MR) is 99.4 cm³/mol. The minimum atomic E-state index is -0.520. The number of aliphatic hydroxyl groups is 1. The van der Waals surface area contributed by atoms with Gasteiger partial charge in [-0.15, -0.1) is 5.10 Å². The second-order valence-electron chi connectivity index (χ2n) is 6.53. The quantitative estimate of drug-likeness (QED) is 0.782. The number of benzene rings is 1. The molecule has 1 N–H and O–H groups in total. The molecule has 1 aliphatic rings. The first-order chi connectivity index (χ1) is 12.8. The Morgan fingerprint density at radius 3 is 2.50 bits per heavy atom. The molecule has 1 aromatic carbocycles. The molecule has 1 unspecified atom stereocenters. The van der Waals surface area contributed by atoms with Gasteiger partial charge in [-0.05, 0) is 30.9 Å². The fourth-order valence-corrected chi connectivity index (χ4v) is 3.38. The van der Waals surface area contributed by atoms with Crippen LogP contribution in [0.5, 0.6) is 0 Å². The first kappa shape index (κ1) is 16.6. The lowest BCUT2D eigenvalue weighted by Gasteiger charge is -2.33. The number of aromatic nitrogens is 4. The zero-order valence-corrected chi connectivity index (χ0v) is 14.4. The molecule has 6 nitrogen and oxygen atoms in total. The first-order valence-corrected chi connectivity index (χ1v) is 8.90. The number of aliphatic hydroxyl groups excluding tert-OH is 1. The third kappa shape index (κ3) is 3.55. The second kappa shape index (κ2) is 7.58. The summed E-state index contributed by atoms with van der Waals surface area (Å²) in [6, 6.07) is 15.7. The molecule has 0 bridgehead atoms. The third-order valence-electron chi connectivity index (χ3n) is 4.88.